The number of guanidine groups is 1. The molecule has 0 aliphatic carbocycles. The molecule has 0 radical (unpaired) electrons. The molecule has 0 saturated carbocycles. The second-order valence-electron chi connectivity index (χ2n) is 6.32. The number of hydrogen-bond acceptors (Lipinski definition) is 4. The molecule has 9 heteroatoms. The van der Waals surface area contributed by atoms with Crippen LogP contribution in [-0.2, 0) is 6.54 Å². The maximum Gasteiger partial charge on any atom is 0.401 e. The molecule has 6 nitrogen and oxygen atoms in total. The van der Waals surface area contributed by atoms with Crippen molar-refractivity contribution in [2.75, 3.05) is 40.4 Å². The number of ether oxygens (including phenoxy) is 2. The molecule has 152 valence electrons. The highest BCUT2D eigenvalue weighted by atomic mass is 19.4. The van der Waals surface area contributed by atoms with Crippen molar-refractivity contribution in [1.82, 2.24) is 15.5 Å². The molecule has 1 saturated heterocycles. The number of nitrogens with one attached hydrogen (secondary N) is 2. The lowest BCUT2D eigenvalue weighted by Crippen LogP contribution is -2.44. The van der Waals surface area contributed by atoms with E-state index in [0.29, 0.717) is 50.1 Å². The second-order valence-corrected chi connectivity index (χ2v) is 6.32. The Balaban J connectivity index is 1.87. The van der Waals surface area contributed by atoms with E-state index in [1.165, 1.54) is 4.90 Å². The molecule has 0 amide bonds. The zero-order valence-electron chi connectivity index (χ0n) is 15.9. The Labute approximate surface area is 157 Å². The van der Waals surface area contributed by atoms with Crippen molar-refractivity contribution in [3.05, 3.63) is 23.8 Å². The highest BCUT2D eigenvalue weighted by Crippen LogP contribution is 2.28. The first-order valence-corrected chi connectivity index (χ1v) is 8.90. The average Bonchev–Trinajstić information content (AvgIpc) is 3.04. The first kappa shape index (κ1) is 21.1. The zero-order chi connectivity index (χ0) is 19.9. The summed E-state index contributed by atoms with van der Waals surface area (Å²) in [5.41, 5.74) is 0.979. The number of methoxy groups -OCH3 is 1. The fraction of sp³-hybridized carbons (Fsp3) is 0.611. The van der Waals surface area contributed by atoms with Gasteiger partial charge in [-0.3, -0.25) is 9.89 Å². The molecule has 1 heterocycles. The van der Waals surface area contributed by atoms with Crippen molar-refractivity contribution in [2.24, 2.45) is 4.99 Å². The van der Waals surface area contributed by atoms with Gasteiger partial charge < -0.3 is 20.1 Å². The minimum atomic E-state index is -4.17. The van der Waals surface area contributed by atoms with E-state index in [-0.39, 0.29) is 6.04 Å². The summed E-state index contributed by atoms with van der Waals surface area (Å²) in [7, 11) is 3.22. The smallest absolute Gasteiger partial charge is 0.401 e. The fourth-order valence-corrected chi connectivity index (χ4v) is 3.02. The van der Waals surface area contributed by atoms with Crippen LogP contribution in [0.2, 0.25) is 0 Å². The Kier molecular flexibility index (Phi) is 7.58. The van der Waals surface area contributed by atoms with Crippen LogP contribution in [0.5, 0.6) is 11.5 Å². The Hall–Kier alpha value is -2.16. The van der Waals surface area contributed by atoms with Gasteiger partial charge in [-0.1, -0.05) is 6.07 Å². The van der Waals surface area contributed by atoms with Crippen molar-refractivity contribution >= 4 is 5.96 Å². The van der Waals surface area contributed by atoms with E-state index in [4.69, 9.17) is 9.47 Å². The lowest BCUT2D eigenvalue weighted by Gasteiger charge is -2.20. The average molecular weight is 388 g/mol. The van der Waals surface area contributed by atoms with Gasteiger partial charge in [-0.15, -0.1) is 0 Å². The third kappa shape index (κ3) is 6.82. The Morgan fingerprint density at radius 2 is 2.11 bits per heavy atom. The number of hydrogen-bond donors (Lipinski definition) is 2. The van der Waals surface area contributed by atoms with Gasteiger partial charge in [0.15, 0.2) is 17.5 Å². The molecule has 1 atom stereocenters. The van der Waals surface area contributed by atoms with E-state index in [9.17, 15) is 13.2 Å². The third-order valence-electron chi connectivity index (χ3n) is 4.23. The summed E-state index contributed by atoms with van der Waals surface area (Å²) in [6.45, 7) is 2.83. The number of benzene rings is 1. The summed E-state index contributed by atoms with van der Waals surface area (Å²) in [4.78, 5) is 5.56. The molecular formula is C18H27F3N4O2. The largest absolute Gasteiger partial charge is 0.493 e. The van der Waals surface area contributed by atoms with E-state index in [0.717, 1.165) is 5.56 Å². The SMILES string of the molecule is CCOc1cc(CNC(=NC)NC2CCN(CC(F)(F)F)C2)ccc1OC. The molecule has 1 aliphatic heterocycles. The maximum atomic E-state index is 12.5. The van der Waals surface area contributed by atoms with Crippen molar-refractivity contribution in [2.45, 2.75) is 32.1 Å². The molecule has 1 unspecified atom stereocenters. The van der Waals surface area contributed by atoms with Gasteiger partial charge in [0.25, 0.3) is 0 Å². The highest BCUT2D eigenvalue weighted by molar-refractivity contribution is 5.80. The van der Waals surface area contributed by atoms with Gasteiger partial charge >= 0.3 is 6.18 Å². The number of likely N-dealkylation sites (tertiary alicyclic amines) is 1. The molecule has 2 rings (SSSR count). The zero-order valence-corrected chi connectivity index (χ0v) is 15.9. The van der Waals surface area contributed by atoms with Crippen molar-refractivity contribution < 1.29 is 22.6 Å². The minimum absolute atomic E-state index is 0.0617. The Morgan fingerprint density at radius 3 is 2.74 bits per heavy atom. The van der Waals surface area contributed by atoms with Gasteiger partial charge in [0.05, 0.1) is 20.3 Å². The quantitative estimate of drug-likeness (QED) is 0.555. The Morgan fingerprint density at radius 1 is 1.33 bits per heavy atom. The third-order valence-corrected chi connectivity index (χ3v) is 4.23. The van der Waals surface area contributed by atoms with Gasteiger partial charge in [-0.05, 0) is 31.0 Å². The van der Waals surface area contributed by atoms with E-state index < -0.39 is 12.7 Å². The summed E-state index contributed by atoms with van der Waals surface area (Å²) in [5.74, 6) is 1.89. The van der Waals surface area contributed by atoms with Gasteiger partial charge in [-0.25, -0.2) is 0 Å². The van der Waals surface area contributed by atoms with Gasteiger partial charge in [-0.2, -0.15) is 13.2 Å². The van der Waals surface area contributed by atoms with E-state index in [2.05, 4.69) is 15.6 Å². The number of rotatable bonds is 7. The molecule has 0 spiro atoms. The van der Waals surface area contributed by atoms with Crippen LogP contribution in [0.3, 0.4) is 0 Å². The lowest BCUT2D eigenvalue weighted by atomic mass is 10.2. The van der Waals surface area contributed by atoms with Crippen molar-refractivity contribution in [3.63, 3.8) is 0 Å². The van der Waals surface area contributed by atoms with Crippen LogP contribution in [0.1, 0.15) is 18.9 Å². The lowest BCUT2D eigenvalue weighted by molar-refractivity contribution is -0.143. The number of alkyl halides is 3. The van der Waals surface area contributed by atoms with Crippen LogP contribution in [0.15, 0.2) is 23.2 Å². The van der Waals surface area contributed by atoms with Crippen LogP contribution in [0.4, 0.5) is 13.2 Å². The second kappa shape index (κ2) is 9.68. The van der Waals surface area contributed by atoms with Gasteiger partial charge in [0.1, 0.15) is 0 Å². The van der Waals surface area contributed by atoms with Crippen LogP contribution in [0, 0.1) is 0 Å². The summed E-state index contributed by atoms with van der Waals surface area (Å²) in [5, 5.41) is 6.37. The molecule has 27 heavy (non-hydrogen) atoms. The number of nitrogens with zero attached hydrogens (tertiary/aromatic N) is 2. The summed E-state index contributed by atoms with van der Waals surface area (Å²) >= 11 is 0. The standard InChI is InChI=1S/C18H27F3N4O2/c1-4-27-16-9-13(5-6-15(16)26-3)10-23-17(22-2)24-14-7-8-25(11-14)12-18(19,20)21/h5-6,9,14H,4,7-8,10-12H2,1-3H3,(H2,22,23,24). The summed E-state index contributed by atoms with van der Waals surface area (Å²) < 4.78 is 48.3. The van der Waals surface area contributed by atoms with Crippen LogP contribution < -0.4 is 20.1 Å². The molecule has 2 N–H and O–H groups in total. The maximum absolute atomic E-state index is 12.5. The fourth-order valence-electron chi connectivity index (χ4n) is 3.02. The van der Waals surface area contributed by atoms with Crippen LogP contribution in [-0.4, -0.2) is 63.5 Å². The topological polar surface area (TPSA) is 58.1 Å². The van der Waals surface area contributed by atoms with Gasteiger partial charge in [0, 0.05) is 32.7 Å². The molecular weight excluding hydrogens is 361 g/mol. The normalized spacial score (nSPS) is 18.4. The predicted octanol–water partition coefficient (Wildman–Crippen LogP) is 2.40. The Bertz CT molecular complexity index is 638. The molecule has 1 aromatic rings. The molecule has 0 bridgehead atoms. The predicted molar refractivity (Wildman–Crippen MR) is 98.4 cm³/mol. The summed E-state index contributed by atoms with van der Waals surface area (Å²) in [6, 6.07) is 5.59. The van der Waals surface area contributed by atoms with Crippen molar-refractivity contribution in [3.8, 4) is 11.5 Å². The molecule has 1 aromatic carbocycles. The van der Waals surface area contributed by atoms with E-state index >= 15 is 0 Å². The first-order chi connectivity index (χ1) is 12.8. The van der Waals surface area contributed by atoms with E-state index in [1.54, 1.807) is 14.2 Å². The monoisotopic (exact) mass is 388 g/mol. The molecule has 0 aromatic heterocycles. The molecule has 1 fully saturated rings. The minimum Gasteiger partial charge on any atom is -0.493 e. The van der Waals surface area contributed by atoms with Gasteiger partial charge in [0.2, 0.25) is 0 Å². The van der Waals surface area contributed by atoms with Crippen LogP contribution in [0.25, 0.3) is 0 Å². The highest BCUT2D eigenvalue weighted by Gasteiger charge is 2.34. The van der Waals surface area contributed by atoms with Crippen molar-refractivity contribution in [1.29, 1.82) is 0 Å². The first-order valence-electron chi connectivity index (χ1n) is 8.90. The number of halogens is 3. The molecule has 1 aliphatic rings. The van der Waals surface area contributed by atoms with E-state index in [1.807, 2.05) is 25.1 Å². The number of aliphatic imine (C=N–C) groups is 1. The summed E-state index contributed by atoms with van der Waals surface area (Å²) in [6.07, 6.45) is -3.52. The van der Waals surface area contributed by atoms with Crippen LogP contribution >= 0.6 is 0 Å².